The van der Waals surface area contributed by atoms with Crippen LogP contribution in [-0.4, -0.2) is 18.3 Å². The Morgan fingerprint density at radius 1 is 1.26 bits per heavy atom. The van der Waals surface area contributed by atoms with Crippen LogP contribution >= 0.6 is 7.14 Å². The number of aromatic nitrogens is 1. The van der Waals surface area contributed by atoms with Crippen molar-refractivity contribution in [3.8, 4) is 0 Å². The summed E-state index contributed by atoms with van der Waals surface area (Å²) in [6.45, 7) is 9.20. The van der Waals surface area contributed by atoms with Crippen molar-refractivity contribution in [2.24, 2.45) is 0 Å². The predicted molar refractivity (Wildman–Crippen MR) is 79.6 cm³/mol. The van der Waals surface area contributed by atoms with E-state index in [4.69, 9.17) is 0 Å². The summed E-state index contributed by atoms with van der Waals surface area (Å²) in [5, 5.41) is 1.45. The Balaban J connectivity index is 2.95. The van der Waals surface area contributed by atoms with Crippen molar-refractivity contribution in [2.45, 2.75) is 26.7 Å². The molecule has 0 N–H and O–H groups in total. The molecule has 0 atom stereocenters. The molecule has 2 aromatic rings. The molecule has 0 radical (unpaired) electrons. The molecule has 0 aliphatic heterocycles. The lowest BCUT2D eigenvalue weighted by atomic mass is 10.0. The third kappa shape index (κ3) is 2.57. The number of halogens is 1. The monoisotopic (exact) mass is 279 g/mol. The van der Waals surface area contributed by atoms with Crippen LogP contribution in [0.15, 0.2) is 18.2 Å². The zero-order valence-corrected chi connectivity index (χ0v) is 12.9. The van der Waals surface area contributed by atoms with Gasteiger partial charge in [-0.3, -0.25) is 4.98 Å². The van der Waals surface area contributed by atoms with E-state index in [2.05, 4.69) is 18.8 Å². The molecule has 0 bridgehead atoms. The van der Waals surface area contributed by atoms with E-state index in [1.807, 2.05) is 12.1 Å². The number of fused-ring (bicyclic) bond motifs is 1. The first-order chi connectivity index (χ1) is 8.71. The third-order valence-corrected chi connectivity index (χ3v) is 4.87. The summed E-state index contributed by atoms with van der Waals surface area (Å²) in [4.78, 5) is 4.25. The maximum absolute atomic E-state index is 13.8. The van der Waals surface area contributed by atoms with Crippen molar-refractivity contribution in [2.75, 3.05) is 13.3 Å². The number of aryl methyl sites for hydroxylation is 1. The highest BCUT2D eigenvalue weighted by molar-refractivity contribution is 7.70. The fourth-order valence-corrected chi connectivity index (χ4v) is 4.10. The second-order valence-corrected chi connectivity index (χ2v) is 8.78. The van der Waals surface area contributed by atoms with Gasteiger partial charge in [-0.1, -0.05) is 19.9 Å². The normalized spacial score (nSPS) is 12.4. The van der Waals surface area contributed by atoms with Gasteiger partial charge in [0.15, 0.2) is 0 Å². The minimum atomic E-state index is -2.50. The number of hydrogen-bond acceptors (Lipinski definition) is 2. The van der Waals surface area contributed by atoms with Crippen LogP contribution in [0.4, 0.5) is 4.39 Å². The van der Waals surface area contributed by atoms with E-state index in [-0.39, 0.29) is 11.7 Å². The SMILES string of the molecule is Cc1nc2ccc(C(C)C)c(P(C)(C)=O)c2cc1F. The Bertz CT molecular complexity index is 688. The average Bonchev–Trinajstić information content (AvgIpc) is 2.27. The topological polar surface area (TPSA) is 30.0 Å². The summed E-state index contributed by atoms with van der Waals surface area (Å²) >= 11 is 0. The van der Waals surface area contributed by atoms with Crippen LogP contribution in [0.25, 0.3) is 10.9 Å². The zero-order valence-electron chi connectivity index (χ0n) is 12.0. The van der Waals surface area contributed by atoms with E-state index in [0.29, 0.717) is 16.6 Å². The molecule has 4 heteroatoms. The molecular weight excluding hydrogens is 260 g/mol. The Morgan fingerprint density at radius 3 is 2.42 bits per heavy atom. The first-order valence-electron chi connectivity index (χ1n) is 6.37. The summed E-state index contributed by atoms with van der Waals surface area (Å²) < 4.78 is 26.4. The fraction of sp³-hybridized carbons (Fsp3) is 0.400. The molecule has 0 saturated carbocycles. The van der Waals surface area contributed by atoms with E-state index >= 15 is 0 Å². The van der Waals surface area contributed by atoms with Crippen LogP contribution in [0, 0.1) is 12.7 Å². The predicted octanol–water partition coefficient (Wildman–Crippen LogP) is 4.05. The molecule has 1 aromatic carbocycles. The van der Waals surface area contributed by atoms with E-state index in [1.165, 1.54) is 6.07 Å². The van der Waals surface area contributed by atoms with E-state index in [0.717, 1.165) is 10.9 Å². The van der Waals surface area contributed by atoms with Crippen molar-refractivity contribution in [1.29, 1.82) is 0 Å². The molecule has 1 heterocycles. The van der Waals surface area contributed by atoms with Crippen LogP contribution in [0.3, 0.4) is 0 Å². The Hall–Kier alpha value is -1.21. The summed E-state index contributed by atoms with van der Waals surface area (Å²) in [6.07, 6.45) is 0. The fourth-order valence-electron chi connectivity index (χ4n) is 2.39. The minimum absolute atomic E-state index is 0.247. The van der Waals surface area contributed by atoms with Gasteiger partial charge >= 0.3 is 0 Å². The van der Waals surface area contributed by atoms with Crippen molar-refractivity contribution in [1.82, 2.24) is 4.98 Å². The van der Waals surface area contributed by atoms with Crippen molar-refractivity contribution >= 4 is 23.3 Å². The molecule has 2 nitrogen and oxygen atoms in total. The molecule has 0 spiro atoms. The van der Waals surface area contributed by atoms with Gasteiger partial charge in [-0.15, -0.1) is 0 Å². The molecule has 2 rings (SSSR count). The van der Waals surface area contributed by atoms with Gasteiger partial charge in [0, 0.05) is 10.7 Å². The smallest absolute Gasteiger partial charge is 0.145 e. The third-order valence-electron chi connectivity index (χ3n) is 3.29. The Labute approximate surface area is 113 Å². The molecule has 1 aromatic heterocycles. The second kappa shape index (κ2) is 4.72. The van der Waals surface area contributed by atoms with E-state index in [1.54, 1.807) is 20.3 Å². The summed E-state index contributed by atoms with van der Waals surface area (Å²) in [5.41, 5.74) is 2.10. The van der Waals surface area contributed by atoms with Gasteiger partial charge < -0.3 is 4.57 Å². The van der Waals surface area contributed by atoms with Gasteiger partial charge in [0.25, 0.3) is 0 Å². The molecule has 102 valence electrons. The number of nitrogens with zero attached hydrogens (tertiary/aromatic N) is 1. The lowest BCUT2D eigenvalue weighted by molar-refractivity contribution is 0.588. The van der Waals surface area contributed by atoms with Gasteiger partial charge in [0.1, 0.15) is 13.0 Å². The Kier molecular flexibility index (Phi) is 3.53. The van der Waals surface area contributed by atoms with Gasteiger partial charge in [0.05, 0.1) is 11.2 Å². The van der Waals surface area contributed by atoms with Crippen molar-refractivity contribution in [3.05, 3.63) is 35.3 Å². The average molecular weight is 279 g/mol. The van der Waals surface area contributed by atoms with Gasteiger partial charge in [0.2, 0.25) is 0 Å². The van der Waals surface area contributed by atoms with Gasteiger partial charge in [-0.25, -0.2) is 4.39 Å². The van der Waals surface area contributed by atoms with Crippen LogP contribution in [0.2, 0.25) is 0 Å². The summed E-state index contributed by atoms with van der Waals surface area (Å²) in [6, 6.07) is 5.32. The van der Waals surface area contributed by atoms with Crippen molar-refractivity contribution < 1.29 is 8.96 Å². The van der Waals surface area contributed by atoms with Crippen LogP contribution < -0.4 is 5.30 Å². The number of rotatable bonds is 2. The highest BCUT2D eigenvalue weighted by Gasteiger charge is 2.22. The first-order valence-corrected chi connectivity index (χ1v) is 8.97. The quantitative estimate of drug-likeness (QED) is 0.776. The summed E-state index contributed by atoms with van der Waals surface area (Å²) in [7, 11) is -2.50. The lowest BCUT2D eigenvalue weighted by Gasteiger charge is -2.19. The second-order valence-electron chi connectivity index (χ2n) is 5.63. The maximum Gasteiger partial charge on any atom is 0.145 e. The molecule has 0 unspecified atom stereocenters. The van der Waals surface area contributed by atoms with Crippen molar-refractivity contribution in [3.63, 3.8) is 0 Å². The van der Waals surface area contributed by atoms with Gasteiger partial charge in [-0.2, -0.15) is 0 Å². The molecule has 0 aliphatic rings. The maximum atomic E-state index is 13.8. The zero-order chi connectivity index (χ0) is 14.4. The van der Waals surface area contributed by atoms with Crippen LogP contribution in [-0.2, 0) is 4.57 Å². The molecule has 0 saturated heterocycles. The largest absolute Gasteiger partial charge is 0.319 e. The molecule has 0 aliphatic carbocycles. The molecule has 0 amide bonds. The van der Waals surface area contributed by atoms with Gasteiger partial charge in [-0.05, 0) is 43.9 Å². The van der Waals surface area contributed by atoms with Crippen LogP contribution in [0.1, 0.15) is 31.0 Å². The number of pyridine rings is 1. The molecular formula is C15H19FNOP. The standard InChI is InChI=1S/C15H19FNOP/c1-9(2)11-6-7-14-12(15(11)19(4,5)18)8-13(16)10(3)17-14/h6-9H,1-5H3. The molecule has 19 heavy (non-hydrogen) atoms. The summed E-state index contributed by atoms with van der Waals surface area (Å²) in [5.74, 6) is -0.0971. The highest BCUT2D eigenvalue weighted by Crippen LogP contribution is 2.40. The van der Waals surface area contributed by atoms with Crippen LogP contribution in [0.5, 0.6) is 0 Å². The lowest BCUT2D eigenvalue weighted by Crippen LogP contribution is -2.14. The first kappa shape index (κ1) is 14.2. The number of hydrogen-bond donors (Lipinski definition) is 0. The molecule has 0 fully saturated rings. The highest BCUT2D eigenvalue weighted by atomic mass is 31.2. The van der Waals surface area contributed by atoms with E-state index < -0.39 is 7.14 Å². The Morgan fingerprint density at radius 2 is 1.89 bits per heavy atom. The number of benzene rings is 1. The van der Waals surface area contributed by atoms with E-state index in [9.17, 15) is 8.96 Å². The minimum Gasteiger partial charge on any atom is -0.319 e.